The van der Waals surface area contributed by atoms with Crippen LogP contribution in [0.2, 0.25) is 0 Å². The number of halogens is 2. The number of hydrogen-bond donors (Lipinski definition) is 1. The van der Waals surface area contributed by atoms with Gasteiger partial charge in [0.05, 0.1) is 16.8 Å². The summed E-state index contributed by atoms with van der Waals surface area (Å²) in [6.45, 7) is 7.41. The van der Waals surface area contributed by atoms with Crippen molar-refractivity contribution in [1.29, 1.82) is 5.26 Å². The molecule has 2 aromatic rings. The van der Waals surface area contributed by atoms with Gasteiger partial charge in [0.1, 0.15) is 24.3 Å². The first-order valence-corrected chi connectivity index (χ1v) is 10.4. The SMILES string of the molecule is CC1(C)OB(C(=Cc2cc(F)c(C#N)cc2F)CNC(=O)OCc2ccccc2)OC1(C)C. The molecule has 0 bridgehead atoms. The minimum atomic E-state index is -0.914. The molecular formula is C24H25BF2N2O4. The van der Waals surface area contributed by atoms with Crippen molar-refractivity contribution in [3.63, 3.8) is 0 Å². The molecule has 1 heterocycles. The van der Waals surface area contributed by atoms with Gasteiger partial charge in [-0.15, -0.1) is 0 Å². The van der Waals surface area contributed by atoms with E-state index in [0.29, 0.717) is 5.47 Å². The number of carbonyl (C=O) groups is 1. The molecule has 0 radical (unpaired) electrons. The predicted octanol–water partition coefficient (Wildman–Crippen LogP) is 4.78. The molecule has 0 aromatic heterocycles. The smallest absolute Gasteiger partial charge is 0.445 e. The van der Waals surface area contributed by atoms with Crippen LogP contribution in [0.5, 0.6) is 0 Å². The van der Waals surface area contributed by atoms with E-state index in [2.05, 4.69) is 5.32 Å². The summed E-state index contributed by atoms with van der Waals surface area (Å²) in [5.74, 6) is -1.64. The summed E-state index contributed by atoms with van der Waals surface area (Å²) in [4.78, 5) is 12.2. The van der Waals surface area contributed by atoms with Crippen molar-refractivity contribution in [2.45, 2.75) is 45.5 Å². The van der Waals surface area contributed by atoms with E-state index in [9.17, 15) is 13.6 Å². The fraction of sp³-hybridized carbons (Fsp3) is 0.333. The van der Waals surface area contributed by atoms with Gasteiger partial charge < -0.3 is 19.4 Å². The summed E-state index contributed by atoms with van der Waals surface area (Å²) < 4.78 is 45.9. The van der Waals surface area contributed by atoms with E-state index in [4.69, 9.17) is 19.3 Å². The summed E-state index contributed by atoms with van der Waals surface area (Å²) in [6, 6.07) is 12.5. The molecule has 2 aromatic carbocycles. The van der Waals surface area contributed by atoms with Crippen molar-refractivity contribution in [3.8, 4) is 6.07 Å². The Hall–Kier alpha value is -3.22. The van der Waals surface area contributed by atoms with Gasteiger partial charge in [0.2, 0.25) is 0 Å². The van der Waals surface area contributed by atoms with Crippen molar-refractivity contribution in [3.05, 3.63) is 76.3 Å². The van der Waals surface area contributed by atoms with E-state index >= 15 is 0 Å². The topological polar surface area (TPSA) is 80.6 Å². The number of hydrogen-bond acceptors (Lipinski definition) is 5. The maximum Gasteiger partial charge on any atom is 0.492 e. The third kappa shape index (κ3) is 5.78. The Bertz CT molecular complexity index is 1080. The van der Waals surface area contributed by atoms with Gasteiger partial charge in [0, 0.05) is 12.1 Å². The minimum absolute atomic E-state index is 0.0810. The second kappa shape index (κ2) is 9.73. The van der Waals surface area contributed by atoms with Crippen LogP contribution in [-0.4, -0.2) is 31.0 Å². The molecule has 172 valence electrons. The normalized spacial score (nSPS) is 16.9. The molecule has 33 heavy (non-hydrogen) atoms. The van der Waals surface area contributed by atoms with Gasteiger partial charge in [-0.3, -0.25) is 0 Å². The molecule has 1 aliphatic heterocycles. The fourth-order valence-corrected chi connectivity index (χ4v) is 3.10. The lowest BCUT2D eigenvalue weighted by Gasteiger charge is -2.32. The highest BCUT2D eigenvalue weighted by atomic mass is 19.1. The molecular weight excluding hydrogens is 429 g/mol. The summed E-state index contributed by atoms with van der Waals surface area (Å²) >= 11 is 0. The number of rotatable bonds is 6. The van der Waals surface area contributed by atoms with Crippen LogP contribution in [0.25, 0.3) is 6.08 Å². The quantitative estimate of drug-likeness (QED) is 0.636. The maximum atomic E-state index is 14.5. The Morgan fingerprint density at radius 2 is 1.76 bits per heavy atom. The monoisotopic (exact) mass is 454 g/mol. The molecule has 9 heteroatoms. The third-order valence-corrected chi connectivity index (χ3v) is 5.75. The Balaban J connectivity index is 1.81. The van der Waals surface area contributed by atoms with Crippen molar-refractivity contribution in [1.82, 2.24) is 5.32 Å². The number of ether oxygens (including phenoxy) is 1. The molecule has 6 nitrogen and oxygen atoms in total. The van der Waals surface area contributed by atoms with E-state index in [0.717, 1.165) is 17.7 Å². The molecule has 1 fully saturated rings. The highest BCUT2D eigenvalue weighted by Gasteiger charge is 2.52. The molecule has 1 aliphatic rings. The zero-order valence-electron chi connectivity index (χ0n) is 18.9. The standard InChI is InChI=1S/C24H25BF2N2O4/c1-23(2)24(3,4)33-25(32-23)19(10-17-11-21(27)18(13-28)12-20(17)26)14-29-22(30)31-15-16-8-6-5-7-9-16/h5-12H,14-15H2,1-4H3,(H,29,30). The van der Waals surface area contributed by atoms with E-state index in [1.165, 1.54) is 6.08 Å². The Kier molecular flexibility index (Phi) is 7.20. The van der Waals surface area contributed by atoms with Gasteiger partial charge in [-0.25, -0.2) is 13.6 Å². The zero-order chi connectivity index (χ0) is 24.2. The van der Waals surface area contributed by atoms with Gasteiger partial charge in [-0.1, -0.05) is 36.4 Å². The molecule has 0 unspecified atom stereocenters. The Morgan fingerprint density at radius 3 is 2.36 bits per heavy atom. The van der Waals surface area contributed by atoms with Crippen LogP contribution in [0.1, 0.15) is 44.4 Å². The lowest BCUT2D eigenvalue weighted by Crippen LogP contribution is -2.41. The first-order valence-electron chi connectivity index (χ1n) is 10.4. The number of nitriles is 1. The van der Waals surface area contributed by atoms with Crippen molar-refractivity contribution >= 4 is 19.3 Å². The summed E-state index contributed by atoms with van der Waals surface area (Å²) in [5.41, 5.74) is -0.684. The van der Waals surface area contributed by atoms with Crippen LogP contribution >= 0.6 is 0 Å². The van der Waals surface area contributed by atoms with E-state index in [-0.39, 0.29) is 18.7 Å². The third-order valence-electron chi connectivity index (χ3n) is 5.75. The van der Waals surface area contributed by atoms with Gasteiger partial charge in [-0.2, -0.15) is 5.26 Å². The number of nitrogens with one attached hydrogen (secondary N) is 1. The summed E-state index contributed by atoms with van der Waals surface area (Å²) in [6.07, 6.45) is 0.659. The van der Waals surface area contributed by atoms with Crippen LogP contribution in [0.3, 0.4) is 0 Å². The predicted molar refractivity (Wildman–Crippen MR) is 120 cm³/mol. The van der Waals surface area contributed by atoms with Crippen molar-refractivity contribution in [2.24, 2.45) is 0 Å². The zero-order valence-corrected chi connectivity index (χ0v) is 18.9. The molecule has 1 amide bonds. The Morgan fingerprint density at radius 1 is 1.12 bits per heavy atom. The lowest BCUT2D eigenvalue weighted by atomic mass is 9.77. The van der Waals surface area contributed by atoms with Crippen molar-refractivity contribution < 1.29 is 27.6 Å². The van der Waals surface area contributed by atoms with Crippen LogP contribution in [0.15, 0.2) is 47.9 Å². The second-order valence-corrected chi connectivity index (χ2v) is 8.69. The lowest BCUT2D eigenvalue weighted by molar-refractivity contribution is 0.00578. The first kappa shape index (κ1) is 24.4. The number of benzene rings is 2. The Labute approximate surface area is 192 Å². The summed E-state index contributed by atoms with van der Waals surface area (Å²) in [7, 11) is -0.914. The van der Waals surface area contributed by atoms with Crippen LogP contribution in [-0.2, 0) is 20.7 Å². The second-order valence-electron chi connectivity index (χ2n) is 8.69. The molecule has 1 N–H and O–H groups in total. The average molecular weight is 454 g/mol. The highest BCUT2D eigenvalue weighted by molar-refractivity contribution is 6.56. The molecule has 0 aliphatic carbocycles. The fourth-order valence-electron chi connectivity index (χ4n) is 3.10. The number of nitrogens with zero attached hydrogens (tertiary/aromatic N) is 1. The average Bonchev–Trinajstić information content (AvgIpc) is 2.99. The maximum absolute atomic E-state index is 14.5. The molecule has 3 rings (SSSR count). The van der Waals surface area contributed by atoms with E-state index < -0.39 is 41.6 Å². The van der Waals surface area contributed by atoms with Crippen LogP contribution in [0.4, 0.5) is 13.6 Å². The van der Waals surface area contributed by atoms with Gasteiger partial charge in [0.25, 0.3) is 0 Å². The van der Waals surface area contributed by atoms with E-state index in [1.807, 2.05) is 58.0 Å². The largest absolute Gasteiger partial charge is 0.492 e. The summed E-state index contributed by atoms with van der Waals surface area (Å²) in [5, 5.41) is 11.5. The van der Waals surface area contributed by atoms with Crippen LogP contribution in [0, 0.1) is 23.0 Å². The number of carbonyl (C=O) groups excluding carboxylic acids is 1. The van der Waals surface area contributed by atoms with Crippen molar-refractivity contribution in [2.75, 3.05) is 6.54 Å². The van der Waals surface area contributed by atoms with Gasteiger partial charge in [0.15, 0.2) is 0 Å². The van der Waals surface area contributed by atoms with Gasteiger partial charge in [-0.05, 0) is 50.9 Å². The molecule has 0 saturated carbocycles. The highest BCUT2D eigenvalue weighted by Crippen LogP contribution is 2.38. The molecule has 1 saturated heterocycles. The van der Waals surface area contributed by atoms with E-state index in [1.54, 1.807) is 6.07 Å². The van der Waals surface area contributed by atoms with Crippen LogP contribution < -0.4 is 5.32 Å². The van der Waals surface area contributed by atoms with Gasteiger partial charge >= 0.3 is 13.2 Å². The molecule has 0 atom stereocenters. The number of amides is 1. The molecule has 0 spiro atoms. The first-order chi connectivity index (χ1) is 15.5. The number of alkyl carbamates (subject to hydrolysis) is 1. The minimum Gasteiger partial charge on any atom is -0.445 e.